The van der Waals surface area contributed by atoms with Crippen molar-refractivity contribution in [3.05, 3.63) is 35.4 Å². The molecule has 1 aliphatic carbocycles. The van der Waals surface area contributed by atoms with E-state index in [1.165, 1.54) is 19.3 Å². The van der Waals surface area contributed by atoms with E-state index in [0.29, 0.717) is 24.2 Å². The zero-order chi connectivity index (χ0) is 16.9. The summed E-state index contributed by atoms with van der Waals surface area (Å²) in [6, 6.07) is 7.92. The third-order valence-corrected chi connectivity index (χ3v) is 5.83. The normalized spacial score (nSPS) is 25.5. The predicted octanol–water partition coefficient (Wildman–Crippen LogP) is 3.29. The van der Waals surface area contributed by atoms with Crippen LogP contribution in [-0.4, -0.2) is 41.8 Å². The van der Waals surface area contributed by atoms with Crippen LogP contribution < -0.4 is 5.32 Å². The van der Waals surface area contributed by atoms with Gasteiger partial charge in [0.15, 0.2) is 0 Å². The summed E-state index contributed by atoms with van der Waals surface area (Å²) in [5.41, 5.74) is 1.84. The molecule has 2 fully saturated rings. The van der Waals surface area contributed by atoms with E-state index in [2.05, 4.69) is 26.1 Å². The first-order chi connectivity index (χ1) is 11.7. The van der Waals surface area contributed by atoms with Gasteiger partial charge in [-0.3, -0.25) is 14.5 Å². The Morgan fingerprint density at radius 2 is 1.88 bits per heavy atom. The van der Waals surface area contributed by atoms with E-state index in [1.807, 2.05) is 24.3 Å². The molecule has 5 heteroatoms. The molecule has 2 atom stereocenters. The highest BCUT2D eigenvalue weighted by Gasteiger charge is 2.35. The molecule has 1 aliphatic heterocycles. The number of carbonyl (C=O) groups excluding carboxylic acids is 2. The van der Waals surface area contributed by atoms with Gasteiger partial charge < -0.3 is 5.32 Å². The lowest BCUT2D eigenvalue weighted by Crippen LogP contribution is -2.55. The summed E-state index contributed by atoms with van der Waals surface area (Å²) in [5, 5.41) is 3.98. The lowest BCUT2D eigenvalue weighted by atomic mass is 9.87. The van der Waals surface area contributed by atoms with Crippen molar-refractivity contribution in [2.75, 3.05) is 13.1 Å². The van der Waals surface area contributed by atoms with Gasteiger partial charge in [0.25, 0.3) is 5.91 Å². The van der Waals surface area contributed by atoms with E-state index < -0.39 is 0 Å². The third kappa shape index (κ3) is 4.25. The number of carbonyl (C=O) groups is 2. The number of hydrogen-bond donors (Lipinski definition) is 1. The smallest absolute Gasteiger partial charge is 0.251 e. The van der Waals surface area contributed by atoms with Gasteiger partial charge in [0.2, 0.25) is 0 Å². The Kier molecular flexibility index (Phi) is 6.06. The maximum Gasteiger partial charge on any atom is 0.251 e. The molecule has 0 radical (unpaired) electrons. The molecule has 1 saturated heterocycles. The minimum absolute atomic E-state index is 0.0301. The highest BCUT2D eigenvalue weighted by Crippen LogP contribution is 2.24. The van der Waals surface area contributed by atoms with Crippen LogP contribution in [0.15, 0.2) is 24.3 Å². The van der Waals surface area contributed by atoms with Crippen molar-refractivity contribution in [2.24, 2.45) is 0 Å². The average Bonchev–Trinajstić information content (AvgIpc) is 2.64. The van der Waals surface area contributed by atoms with E-state index in [0.717, 1.165) is 30.4 Å². The molecule has 1 N–H and O–H groups in total. The van der Waals surface area contributed by atoms with Gasteiger partial charge in [-0.1, -0.05) is 34.5 Å². The molecule has 3 rings (SSSR count). The third-order valence-electron chi connectivity index (χ3n) is 5.18. The van der Waals surface area contributed by atoms with Crippen LogP contribution >= 0.6 is 15.9 Å². The van der Waals surface area contributed by atoms with Gasteiger partial charge in [-0.2, -0.15) is 0 Å². The second kappa shape index (κ2) is 8.26. The SMILES string of the molecule is O=C1CCC(NC(=O)c2ccc(CBr)cc2)C(N2CCCCC2)C1. The summed E-state index contributed by atoms with van der Waals surface area (Å²) in [6.45, 7) is 2.09. The topological polar surface area (TPSA) is 49.4 Å². The molecule has 1 aromatic rings. The summed E-state index contributed by atoms with van der Waals surface area (Å²) >= 11 is 3.42. The minimum atomic E-state index is -0.0301. The number of alkyl halides is 1. The summed E-state index contributed by atoms with van der Waals surface area (Å²) in [7, 11) is 0. The van der Waals surface area contributed by atoms with Crippen molar-refractivity contribution in [2.45, 2.75) is 55.9 Å². The van der Waals surface area contributed by atoms with Crippen LogP contribution in [0.5, 0.6) is 0 Å². The molecular weight excluding hydrogens is 368 g/mol. The fraction of sp³-hybridized carbons (Fsp3) is 0.579. The molecule has 1 amide bonds. The number of benzene rings is 1. The number of hydrogen-bond acceptors (Lipinski definition) is 3. The number of nitrogens with zero attached hydrogens (tertiary/aromatic N) is 1. The van der Waals surface area contributed by atoms with E-state index >= 15 is 0 Å². The van der Waals surface area contributed by atoms with Crippen LogP contribution in [0.1, 0.15) is 54.4 Å². The maximum atomic E-state index is 12.6. The molecule has 2 aliphatic rings. The number of halogens is 1. The average molecular weight is 393 g/mol. The van der Waals surface area contributed by atoms with Crippen molar-refractivity contribution in [3.63, 3.8) is 0 Å². The van der Waals surface area contributed by atoms with Crippen LogP contribution in [0.3, 0.4) is 0 Å². The fourth-order valence-corrected chi connectivity index (χ4v) is 4.16. The second-order valence-corrected chi connectivity index (χ2v) is 7.42. The molecule has 0 bridgehead atoms. The van der Waals surface area contributed by atoms with Crippen molar-refractivity contribution in [3.8, 4) is 0 Å². The van der Waals surface area contributed by atoms with E-state index in [-0.39, 0.29) is 18.0 Å². The van der Waals surface area contributed by atoms with E-state index in [9.17, 15) is 9.59 Å². The molecule has 2 unspecified atom stereocenters. The maximum absolute atomic E-state index is 12.6. The van der Waals surface area contributed by atoms with Gasteiger partial charge in [0, 0.05) is 35.8 Å². The van der Waals surface area contributed by atoms with Crippen molar-refractivity contribution in [1.82, 2.24) is 10.2 Å². The largest absolute Gasteiger partial charge is 0.348 e. The van der Waals surface area contributed by atoms with Crippen LogP contribution in [0, 0.1) is 0 Å². The lowest BCUT2D eigenvalue weighted by molar-refractivity contribution is -0.122. The lowest BCUT2D eigenvalue weighted by Gasteiger charge is -2.41. The Labute approximate surface area is 152 Å². The first-order valence-electron chi connectivity index (χ1n) is 8.89. The van der Waals surface area contributed by atoms with Crippen LogP contribution in [0.4, 0.5) is 0 Å². The highest BCUT2D eigenvalue weighted by molar-refractivity contribution is 9.08. The monoisotopic (exact) mass is 392 g/mol. The Bertz CT molecular complexity index is 582. The molecule has 1 aromatic carbocycles. The zero-order valence-corrected chi connectivity index (χ0v) is 15.6. The van der Waals surface area contributed by atoms with Crippen LogP contribution in [0.2, 0.25) is 0 Å². The molecule has 0 spiro atoms. The van der Waals surface area contributed by atoms with Crippen molar-refractivity contribution in [1.29, 1.82) is 0 Å². The van der Waals surface area contributed by atoms with Gasteiger partial charge in [-0.05, 0) is 50.0 Å². The van der Waals surface area contributed by atoms with Gasteiger partial charge in [0.1, 0.15) is 5.78 Å². The Balaban J connectivity index is 1.68. The summed E-state index contributed by atoms with van der Waals surface area (Å²) < 4.78 is 0. The summed E-state index contributed by atoms with van der Waals surface area (Å²) in [5.74, 6) is 0.301. The van der Waals surface area contributed by atoms with Gasteiger partial charge in [-0.15, -0.1) is 0 Å². The number of piperidine rings is 1. The second-order valence-electron chi connectivity index (χ2n) is 6.86. The first kappa shape index (κ1) is 17.6. The van der Waals surface area contributed by atoms with Gasteiger partial charge >= 0.3 is 0 Å². The fourth-order valence-electron chi connectivity index (χ4n) is 3.79. The number of amides is 1. The quantitative estimate of drug-likeness (QED) is 0.799. The molecule has 4 nitrogen and oxygen atoms in total. The van der Waals surface area contributed by atoms with Crippen molar-refractivity contribution >= 4 is 27.6 Å². The highest BCUT2D eigenvalue weighted by atomic mass is 79.9. The molecule has 24 heavy (non-hydrogen) atoms. The van der Waals surface area contributed by atoms with Gasteiger partial charge in [-0.25, -0.2) is 0 Å². The molecule has 1 heterocycles. The molecule has 0 aromatic heterocycles. The van der Waals surface area contributed by atoms with Crippen LogP contribution in [0.25, 0.3) is 0 Å². The number of Topliss-reactive ketones (excluding diaryl/α,β-unsaturated/α-hetero) is 1. The Hall–Kier alpha value is -1.20. The summed E-state index contributed by atoms with van der Waals surface area (Å²) in [4.78, 5) is 27.0. The molecule has 130 valence electrons. The molecule has 1 saturated carbocycles. The van der Waals surface area contributed by atoms with Gasteiger partial charge in [0.05, 0.1) is 0 Å². The summed E-state index contributed by atoms with van der Waals surface area (Å²) in [6.07, 6.45) is 5.57. The number of nitrogens with one attached hydrogen (secondary N) is 1. The van der Waals surface area contributed by atoms with Crippen LogP contribution in [-0.2, 0) is 10.1 Å². The van der Waals surface area contributed by atoms with E-state index in [1.54, 1.807) is 0 Å². The number of rotatable bonds is 4. The Morgan fingerprint density at radius 1 is 1.17 bits per heavy atom. The zero-order valence-electron chi connectivity index (χ0n) is 14.0. The van der Waals surface area contributed by atoms with Crippen molar-refractivity contribution < 1.29 is 9.59 Å². The predicted molar refractivity (Wildman–Crippen MR) is 98.4 cm³/mol. The van der Waals surface area contributed by atoms with E-state index in [4.69, 9.17) is 0 Å². The Morgan fingerprint density at radius 3 is 2.54 bits per heavy atom. The number of ketones is 1. The first-order valence-corrected chi connectivity index (χ1v) is 10.0. The standard InChI is InChI=1S/C19H25BrN2O2/c20-13-14-4-6-15(7-5-14)19(24)21-17-9-8-16(23)12-18(17)22-10-2-1-3-11-22/h4-7,17-18H,1-3,8-13H2,(H,21,24). The minimum Gasteiger partial charge on any atom is -0.348 e. The molecular formula is C19H25BrN2O2. The number of likely N-dealkylation sites (tertiary alicyclic amines) is 1.